The Morgan fingerprint density at radius 1 is 1.23 bits per heavy atom. The zero-order valence-electron chi connectivity index (χ0n) is 14.5. The first-order chi connectivity index (χ1) is 12.6. The minimum absolute atomic E-state index is 0.180. The fraction of sp³-hybridized carbons (Fsp3) is 0.200. The minimum Gasteiger partial charge on any atom is -0.497 e. The predicted octanol–water partition coefficient (Wildman–Crippen LogP) is 3.93. The zero-order valence-corrected chi connectivity index (χ0v) is 14.5. The molecule has 6 nitrogen and oxygen atoms in total. The quantitative estimate of drug-likeness (QED) is 0.772. The third kappa shape index (κ3) is 3.13. The van der Waals surface area contributed by atoms with Crippen LogP contribution in [0.2, 0.25) is 0 Å². The van der Waals surface area contributed by atoms with Gasteiger partial charge in [-0.05, 0) is 42.8 Å². The molecule has 1 N–H and O–H groups in total. The molecule has 132 valence electrons. The van der Waals surface area contributed by atoms with Crippen LogP contribution in [0.15, 0.2) is 53.1 Å². The lowest BCUT2D eigenvalue weighted by atomic mass is 10.1. The van der Waals surface area contributed by atoms with Crippen molar-refractivity contribution in [2.24, 2.45) is 0 Å². The van der Waals surface area contributed by atoms with Crippen molar-refractivity contribution >= 4 is 11.6 Å². The Kier molecular flexibility index (Phi) is 4.08. The first-order valence-electron chi connectivity index (χ1n) is 8.34. The molecule has 0 aliphatic carbocycles. The van der Waals surface area contributed by atoms with Crippen molar-refractivity contribution in [1.29, 1.82) is 0 Å². The van der Waals surface area contributed by atoms with Gasteiger partial charge < -0.3 is 19.3 Å². The number of amides is 1. The molecule has 0 saturated heterocycles. The van der Waals surface area contributed by atoms with Gasteiger partial charge in [-0.2, -0.15) is 0 Å². The van der Waals surface area contributed by atoms with Crippen molar-refractivity contribution < 1.29 is 18.8 Å². The first kappa shape index (κ1) is 16.2. The van der Waals surface area contributed by atoms with E-state index in [0.29, 0.717) is 17.2 Å². The van der Waals surface area contributed by atoms with E-state index < -0.39 is 0 Å². The van der Waals surface area contributed by atoms with Crippen molar-refractivity contribution in [2.75, 3.05) is 12.4 Å². The standard InChI is InChI=1S/C20H18N2O4/c1-12-8-14-9-13(6-7-18(14)25-12)19-11-17(22-26-19)20(23)21-15-4-3-5-16(10-15)24-2/h3-7,9-12H,8H2,1-2H3,(H,21,23). The summed E-state index contributed by atoms with van der Waals surface area (Å²) in [5, 5.41) is 6.67. The highest BCUT2D eigenvalue weighted by Crippen LogP contribution is 2.33. The summed E-state index contributed by atoms with van der Waals surface area (Å²) in [5.41, 5.74) is 2.85. The number of nitrogens with zero attached hydrogens (tertiary/aromatic N) is 1. The summed E-state index contributed by atoms with van der Waals surface area (Å²) < 4.78 is 16.2. The van der Waals surface area contributed by atoms with Crippen LogP contribution < -0.4 is 14.8 Å². The van der Waals surface area contributed by atoms with Crippen molar-refractivity contribution in [3.63, 3.8) is 0 Å². The molecular formula is C20H18N2O4. The molecule has 26 heavy (non-hydrogen) atoms. The van der Waals surface area contributed by atoms with Gasteiger partial charge in [0.15, 0.2) is 11.5 Å². The van der Waals surface area contributed by atoms with Gasteiger partial charge >= 0.3 is 0 Å². The molecule has 0 saturated carbocycles. The molecule has 2 heterocycles. The second-order valence-electron chi connectivity index (χ2n) is 6.22. The molecule has 0 spiro atoms. The molecular weight excluding hydrogens is 332 g/mol. The van der Waals surface area contributed by atoms with Crippen LogP contribution in [0.3, 0.4) is 0 Å². The molecule has 1 aliphatic rings. The fourth-order valence-corrected chi connectivity index (χ4v) is 2.99. The van der Waals surface area contributed by atoms with E-state index >= 15 is 0 Å². The summed E-state index contributed by atoms with van der Waals surface area (Å²) in [7, 11) is 1.58. The average Bonchev–Trinajstić information content (AvgIpc) is 3.27. The van der Waals surface area contributed by atoms with Crippen LogP contribution >= 0.6 is 0 Å². The number of nitrogens with one attached hydrogen (secondary N) is 1. The van der Waals surface area contributed by atoms with E-state index in [-0.39, 0.29) is 17.7 Å². The van der Waals surface area contributed by atoms with Gasteiger partial charge in [0.2, 0.25) is 0 Å². The number of ether oxygens (including phenoxy) is 2. The van der Waals surface area contributed by atoms with Crippen molar-refractivity contribution in [3.8, 4) is 22.8 Å². The van der Waals surface area contributed by atoms with Crippen molar-refractivity contribution in [3.05, 3.63) is 59.8 Å². The van der Waals surface area contributed by atoms with Gasteiger partial charge in [0.25, 0.3) is 5.91 Å². The maximum atomic E-state index is 12.4. The maximum absolute atomic E-state index is 12.4. The van der Waals surface area contributed by atoms with Gasteiger partial charge in [-0.25, -0.2) is 0 Å². The number of carbonyl (C=O) groups is 1. The maximum Gasteiger partial charge on any atom is 0.277 e. The number of hydrogen-bond acceptors (Lipinski definition) is 5. The second-order valence-corrected chi connectivity index (χ2v) is 6.22. The lowest BCUT2D eigenvalue weighted by Gasteiger charge is -2.04. The number of benzene rings is 2. The number of rotatable bonds is 4. The average molecular weight is 350 g/mol. The Labute approximate surface area is 150 Å². The number of fused-ring (bicyclic) bond motifs is 1. The van der Waals surface area contributed by atoms with Crippen LogP contribution in [0.1, 0.15) is 23.0 Å². The lowest BCUT2D eigenvalue weighted by molar-refractivity contribution is 0.101. The Hall–Kier alpha value is -3.28. The monoisotopic (exact) mass is 350 g/mol. The van der Waals surface area contributed by atoms with Crippen molar-refractivity contribution in [2.45, 2.75) is 19.4 Å². The largest absolute Gasteiger partial charge is 0.497 e. The van der Waals surface area contributed by atoms with Gasteiger partial charge in [0.05, 0.1) is 7.11 Å². The Bertz CT molecular complexity index is 964. The molecule has 1 atom stereocenters. The van der Waals surface area contributed by atoms with Crippen LogP contribution in [0.5, 0.6) is 11.5 Å². The number of anilines is 1. The van der Waals surface area contributed by atoms with Crippen LogP contribution in [0, 0.1) is 0 Å². The fourth-order valence-electron chi connectivity index (χ4n) is 2.99. The Morgan fingerprint density at radius 2 is 2.12 bits per heavy atom. The van der Waals surface area contributed by atoms with E-state index in [1.165, 1.54) is 0 Å². The SMILES string of the molecule is COc1cccc(NC(=O)c2cc(-c3ccc4c(c3)CC(C)O4)on2)c1. The molecule has 3 aromatic rings. The molecule has 4 rings (SSSR count). The number of methoxy groups -OCH3 is 1. The summed E-state index contributed by atoms with van der Waals surface area (Å²) in [6.07, 6.45) is 1.04. The van der Waals surface area contributed by atoms with Crippen LogP contribution in [-0.2, 0) is 6.42 Å². The van der Waals surface area contributed by atoms with Crippen LogP contribution in [0.4, 0.5) is 5.69 Å². The number of aromatic nitrogens is 1. The van der Waals surface area contributed by atoms with E-state index in [4.69, 9.17) is 14.0 Å². The molecule has 0 fully saturated rings. The van der Waals surface area contributed by atoms with E-state index in [1.54, 1.807) is 31.4 Å². The molecule has 1 unspecified atom stereocenters. The van der Waals surface area contributed by atoms with Crippen LogP contribution in [-0.4, -0.2) is 24.3 Å². The smallest absolute Gasteiger partial charge is 0.277 e. The van der Waals surface area contributed by atoms with Gasteiger partial charge in [0.1, 0.15) is 17.6 Å². The predicted molar refractivity (Wildman–Crippen MR) is 96.7 cm³/mol. The highest BCUT2D eigenvalue weighted by atomic mass is 16.5. The van der Waals surface area contributed by atoms with E-state index in [1.807, 2.05) is 31.2 Å². The highest BCUT2D eigenvalue weighted by molar-refractivity contribution is 6.03. The highest BCUT2D eigenvalue weighted by Gasteiger charge is 2.21. The van der Waals surface area contributed by atoms with Gasteiger partial charge in [-0.1, -0.05) is 11.2 Å². The van der Waals surface area contributed by atoms with Gasteiger partial charge in [-0.3, -0.25) is 4.79 Å². The Morgan fingerprint density at radius 3 is 2.96 bits per heavy atom. The Balaban J connectivity index is 1.52. The first-order valence-corrected chi connectivity index (χ1v) is 8.34. The molecule has 2 aromatic carbocycles. The third-order valence-corrected chi connectivity index (χ3v) is 4.25. The lowest BCUT2D eigenvalue weighted by Crippen LogP contribution is -2.12. The number of carbonyl (C=O) groups excluding carboxylic acids is 1. The second kappa shape index (κ2) is 6.55. The molecule has 0 bridgehead atoms. The summed E-state index contributed by atoms with van der Waals surface area (Å²) in [6, 6.07) is 14.6. The summed E-state index contributed by atoms with van der Waals surface area (Å²) in [4.78, 5) is 12.4. The molecule has 1 aliphatic heterocycles. The summed E-state index contributed by atoms with van der Waals surface area (Å²) in [6.45, 7) is 2.04. The third-order valence-electron chi connectivity index (χ3n) is 4.25. The minimum atomic E-state index is -0.341. The topological polar surface area (TPSA) is 73.6 Å². The molecule has 0 radical (unpaired) electrons. The van der Waals surface area contributed by atoms with E-state index in [9.17, 15) is 4.79 Å². The molecule has 6 heteroatoms. The molecule has 1 aromatic heterocycles. The van der Waals surface area contributed by atoms with E-state index in [0.717, 1.165) is 23.3 Å². The zero-order chi connectivity index (χ0) is 18.1. The van der Waals surface area contributed by atoms with Crippen LogP contribution in [0.25, 0.3) is 11.3 Å². The van der Waals surface area contributed by atoms with Gasteiger partial charge in [-0.15, -0.1) is 0 Å². The summed E-state index contributed by atoms with van der Waals surface area (Å²) >= 11 is 0. The number of hydrogen-bond donors (Lipinski definition) is 1. The summed E-state index contributed by atoms with van der Waals surface area (Å²) in [5.74, 6) is 1.77. The molecule has 1 amide bonds. The van der Waals surface area contributed by atoms with Crippen molar-refractivity contribution in [1.82, 2.24) is 5.16 Å². The normalized spacial score (nSPS) is 15.2. The van der Waals surface area contributed by atoms with E-state index in [2.05, 4.69) is 10.5 Å². The van der Waals surface area contributed by atoms with Gasteiger partial charge in [0, 0.05) is 29.8 Å².